The Balaban J connectivity index is 2.62. The highest BCUT2D eigenvalue weighted by Crippen LogP contribution is 2.12. The van der Waals surface area contributed by atoms with E-state index in [4.69, 9.17) is 5.11 Å². The molecule has 0 saturated carbocycles. The summed E-state index contributed by atoms with van der Waals surface area (Å²) >= 11 is 0. The van der Waals surface area contributed by atoms with Crippen molar-refractivity contribution >= 4 is 17.9 Å². The van der Waals surface area contributed by atoms with Crippen LogP contribution in [0.2, 0.25) is 0 Å². The van der Waals surface area contributed by atoms with Crippen LogP contribution in [-0.2, 0) is 4.79 Å². The minimum atomic E-state index is -0.951. The van der Waals surface area contributed by atoms with E-state index in [1.807, 2.05) is 12.1 Å². The normalized spacial score (nSPS) is 11.2. The molecular formula is C15H23N3O2. The predicted octanol–water partition coefficient (Wildman–Crippen LogP) is 1.96. The summed E-state index contributed by atoms with van der Waals surface area (Å²) in [5.74, 6) is -0.0216. The molecule has 0 fully saturated rings. The fraction of sp³-hybridized carbons (Fsp3) is 0.467. The molecule has 5 heteroatoms. The van der Waals surface area contributed by atoms with Gasteiger partial charge in [-0.2, -0.15) is 0 Å². The van der Waals surface area contributed by atoms with Crippen molar-refractivity contribution in [2.75, 3.05) is 38.6 Å². The highest BCUT2D eigenvalue weighted by Gasteiger charge is 2.05. The molecular weight excluding hydrogens is 254 g/mol. The Bertz CT molecular complexity index is 441. The quantitative estimate of drug-likeness (QED) is 0.736. The predicted molar refractivity (Wildman–Crippen MR) is 82.0 cm³/mol. The van der Waals surface area contributed by atoms with E-state index < -0.39 is 5.97 Å². The second kappa shape index (κ2) is 8.32. The first-order chi connectivity index (χ1) is 9.52. The van der Waals surface area contributed by atoms with Crippen molar-refractivity contribution in [3.05, 3.63) is 30.0 Å². The molecule has 0 saturated heterocycles. The summed E-state index contributed by atoms with van der Waals surface area (Å²) < 4.78 is 0. The number of nitrogens with zero attached hydrogens (tertiary/aromatic N) is 3. The van der Waals surface area contributed by atoms with Crippen molar-refractivity contribution in [1.82, 2.24) is 9.88 Å². The lowest BCUT2D eigenvalue weighted by molar-refractivity contribution is -0.131. The minimum Gasteiger partial charge on any atom is -0.478 e. The number of carboxylic acid groups (broad SMARTS) is 1. The molecule has 0 amide bonds. The Kier molecular flexibility index (Phi) is 6.73. The van der Waals surface area contributed by atoms with E-state index >= 15 is 0 Å². The molecule has 0 radical (unpaired) electrons. The molecule has 20 heavy (non-hydrogen) atoms. The second-order valence-corrected chi connectivity index (χ2v) is 4.86. The van der Waals surface area contributed by atoms with E-state index in [1.54, 1.807) is 12.3 Å². The van der Waals surface area contributed by atoms with Crippen molar-refractivity contribution in [3.8, 4) is 0 Å². The van der Waals surface area contributed by atoms with Gasteiger partial charge in [0, 0.05) is 25.4 Å². The molecule has 1 heterocycles. The van der Waals surface area contributed by atoms with Gasteiger partial charge in [-0.15, -0.1) is 0 Å². The first kappa shape index (κ1) is 16.2. The maximum Gasteiger partial charge on any atom is 0.328 e. The molecule has 0 spiro atoms. The zero-order valence-electron chi connectivity index (χ0n) is 12.4. The van der Waals surface area contributed by atoms with Gasteiger partial charge >= 0.3 is 5.97 Å². The van der Waals surface area contributed by atoms with Crippen LogP contribution in [0.15, 0.2) is 24.4 Å². The minimum absolute atomic E-state index is 0.792. The van der Waals surface area contributed by atoms with Crippen molar-refractivity contribution in [1.29, 1.82) is 0 Å². The third-order valence-electron chi connectivity index (χ3n) is 2.93. The SMILES string of the molecule is CCN(CCCN(C)C)c1ccc(/C=C/C(=O)O)cn1. The number of hydrogen-bond acceptors (Lipinski definition) is 4. The highest BCUT2D eigenvalue weighted by atomic mass is 16.4. The lowest BCUT2D eigenvalue weighted by atomic mass is 10.2. The zero-order chi connectivity index (χ0) is 15.0. The van der Waals surface area contributed by atoms with Crippen LogP contribution in [0.3, 0.4) is 0 Å². The Morgan fingerprint density at radius 1 is 1.35 bits per heavy atom. The second-order valence-electron chi connectivity index (χ2n) is 4.86. The molecule has 0 aliphatic heterocycles. The third-order valence-corrected chi connectivity index (χ3v) is 2.93. The van der Waals surface area contributed by atoms with E-state index in [2.05, 4.69) is 35.8 Å². The van der Waals surface area contributed by atoms with E-state index in [0.717, 1.165) is 43.5 Å². The number of aromatic nitrogens is 1. The van der Waals surface area contributed by atoms with Crippen LogP contribution in [0.4, 0.5) is 5.82 Å². The number of pyridine rings is 1. The smallest absolute Gasteiger partial charge is 0.328 e. The molecule has 0 aromatic carbocycles. The average molecular weight is 277 g/mol. The van der Waals surface area contributed by atoms with E-state index in [1.165, 1.54) is 0 Å². The summed E-state index contributed by atoms with van der Waals surface area (Å²) in [5, 5.41) is 8.58. The topological polar surface area (TPSA) is 56.7 Å². The molecule has 1 rings (SSSR count). The monoisotopic (exact) mass is 277 g/mol. The standard InChI is InChI=1S/C15H23N3O2/c1-4-18(11-5-10-17(2)3)14-8-6-13(12-16-14)7-9-15(19)20/h6-9,12H,4-5,10-11H2,1-3H3,(H,19,20)/b9-7+. The van der Waals surface area contributed by atoms with Gasteiger partial charge in [0.05, 0.1) is 0 Å². The molecule has 1 N–H and O–H groups in total. The van der Waals surface area contributed by atoms with Crippen molar-refractivity contribution in [2.45, 2.75) is 13.3 Å². The largest absolute Gasteiger partial charge is 0.478 e. The molecule has 1 aromatic rings. The Labute approximate surface area is 120 Å². The van der Waals surface area contributed by atoms with Crippen molar-refractivity contribution < 1.29 is 9.90 Å². The van der Waals surface area contributed by atoms with Gasteiger partial charge in [-0.05, 0) is 57.8 Å². The van der Waals surface area contributed by atoms with E-state index in [0.29, 0.717) is 0 Å². The molecule has 0 aliphatic rings. The third kappa shape index (κ3) is 5.84. The summed E-state index contributed by atoms with van der Waals surface area (Å²) in [6.45, 7) is 5.03. The first-order valence-corrected chi connectivity index (χ1v) is 6.79. The van der Waals surface area contributed by atoms with Crippen LogP contribution in [0.5, 0.6) is 0 Å². The molecule has 0 bridgehead atoms. The zero-order valence-corrected chi connectivity index (χ0v) is 12.4. The summed E-state index contributed by atoms with van der Waals surface area (Å²) in [6, 6.07) is 3.82. The number of hydrogen-bond donors (Lipinski definition) is 1. The molecule has 0 aliphatic carbocycles. The molecule has 0 atom stereocenters. The number of carbonyl (C=O) groups is 1. The van der Waals surface area contributed by atoms with Gasteiger partial charge in [0.2, 0.25) is 0 Å². The summed E-state index contributed by atoms with van der Waals surface area (Å²) in [4.78, 5) is 19.2. The number of anilines is 1. The Hall–Kier alpha value is -1.88. The van der Waals surface area contributed by atoms with Gasteiger partial charge in [-0.25, -0.2) is 9.78 Å². The van der Waals surface area contributed by atoms with Gasteiger partial charge in [0.15, 0.2) is 0 Å². The number of carboxylic acids is 1. The van der Waals surface area contributed by atoms with Crippen LogP contribution in [0.25, 0.3) is 6.08 Å². The van der Waals surface area contributed by atoms with Crippen LogP contribution >= 0.6 is 0 Å². The fourth-order valence-electron chi connectivity index (χ4n) is 1.86. The molecule has 1 aromatic heterocycles. The average Bonchev–Trinajstić information content (AvgIpc) is 2.42. The lowest BCUT2D eigenvalue weighted by Crippen LogP contribution is -2.27. The van der Waals surface area contributed by atoms with Crippen LogP contribution in [-0.4, -0.2) is 54.7 Å². The van der Waals surface area contributed by atoms with Crippen LogP contribution in [0, 0.1) is 0 Å². The Morgan fingerprint density at radius 2 is 2.10 bits per heavy atom. The van der Waals surface area contributed by atoms with Gasteiger partial charge in [-0.1, -0.05) is 0 Å². The van der Waals surface area contributed by atoms with Gasteiger partial charge in [-0.3, -0.25) is 0 Å². The maximum absolute atomic E-state index is 10.4. The van der Waals surface area contributed by atoms with Crippen molar-refractivity contribution in [3.63, 3.8) is 0 Å². The maximum atomic E-state index is 10.4. The summed E-state index contributed by atoms with van der Waals surface area (Å²) in [5.41, 5.74) is 0.792. The summed E-state index contributed by atoms with van der Waals surface area (Å²) in [6.07, 6.45) is 5.44. The van der Waals surface area contributed by atoms with E-state index in [9.17, 15) is 4.79 Å². The fourth-order valence-corrected chi connectivity index (χ4v) is 1.86. The number of aliphatic carboxylic acids is 1. The van der Waals surface area contributed by atoms with E-state index in [-0.39, 0.29) is 0 Å². The van der Waals surface area contributed by atoms with Gasteiger partial charge < -0.3 is 14.9 Å². The molecule has 110 valence electrons. The van der Waals surface area contributed by atoms with Gasteiger partial charge in [0.25, 0.3) is 0 Å². The summed E-state index contributed by atoms with van der Waals surface area (Å²) in [7, 11) is 4.14. The Morgan fingerprint density at radius 3 is 2.60 bits per heavy atom. The molecule has 5 nitrogen and oxygen atoms in total. The van der Waals surface area contributed by atoms with Crippen LogP contribution in [0.1, 0.15) is 18.9 Å². The lowest BCUT2D eigenvalue weighted by Gasteiger charge is -2.22. The van der Waals surface area contributed by atoms with Crippen molar-refractivity contribution in [2.24, 2.45) is 0 Å². The van der Waals surface area contributed by atoms with Crippen LogP contribution < -0.4 is 4.90 Å². The first-order valence-electron chi connectivity index (χ1n) is 6.79. The number of rotatable bonds is 8. The highest BCUT2D eigenvalue weighted by molar-refractivity contribution is 5.85. The molecule has 0 unspecified atom stereocenters. The van der Waals surface area contributed by atoms with Gasteiger partial charge in [0.1, 0.15) is 5.82 Å².